The van der Waals surface area contributed by atoms with E-state index in [0.29, 0.717) is 12.3 Å². The molecule has 5 aliphatic heterocycles. The van der Waals surface area contributed by atoms with E-state index in [2.05, 4.69) is 40.7 Å². The van der Waals surface area contributed by atoms with Gasteiger partial charge in [-0.25, -0.2) is 0 Å². The van der Waals surface area contributed by atoms with Crippen molar-refractivity contribution in [1.82, 2.24) is 0 Å². The third-order valence-electron chi connectivity index (χ3n) is 20.3. The van der Waals surface area contributed by atoms with Gasteiger partial charge in [0.05, 0.1) is 38.6 Å². The molecule has 9 rings (SSSR count). The van der Waals surface area contributed by atoms with Crippen molar-refractivity contribution in [3.63, 3.8) is 0 Å². The molecule has 0 radical (unpaired) electrons. The Kier molecular flexibility index (Phi) is 17.9. The van der Waals surface area contributed by atoms with Crippen molar-refractivity contribution in [2.45, 2.75) is 241 Å². The van der Waals surface area contributed by atoms with Gasteiger partial charge in [0.2, 0.25) is 0 Å². The van der Waals surface area contributed by atoms with Gasteiger partial charge in [-0.1, -0.05) is 46.3 Å². The van der Waals surface area contributed by atoms with Crippen molar-refractivity contribution in [2.75, 3.05) is 33.5 Å². The van der Waals surface area contributed by atoms with Gasteiger partial charge in [-0.05, 0) is 92.3 Å². The second-order valence-electron chi connectivity index (χ2n) is 24.7. The fourth-order valence-electron chi connectivity index (χ4n) is 15.5. The van der Waals surface area contributed by atoms with Crippen molar-refractivity contribution in [2.24, 2.45) is 39.4 Å². The van der Waals surface area contributed by atoms with Crippen molar-refractivity contribution in [3.8, 4) is 0 Å². The molecule has 3 saturated carbocycles. The summed E-state index contributed by atoms with van der Waals surface area (Å²) in [5, 5.41) is 132. The van der Waals surface area contributed by atoms with Crippen LogP contribution in [-0.4, -0.2) is 248 Å². The quantitative estimate of drug-likeness (QED) is 0.0809. The number of hydrogen-bond donors (Lipinski definition) is 12. The fraction of sp³-hybridized carbons (Fsp3) is 0.943. The lowest BCUT2D eigenvalue weighted by atomic mass is 9.41. The van der Waals surface area contributed by atoms with Crippen LogP contribution in [0.1, 0.15) is 93.4 Å². The minimum atomic E-state index is -1.98. The summed E-state index contributed by atoms with van der Waals surface area (Å²) in [4.78, 5) is 12.9. The Morgan fingerprint density at radius 2 is 1.14 bits per heavy atom. The molecule has 0 aromatic carbocycles. The molecule has 0 bridgehead atoms. The largest absolute Gasteiger partial charge is 0.394 e. The van der Waals surface area contributed by atoms with Crippen LogP contribution in [0.2, 0.25) is 0 Å². The minimum Gasteiger partial charge on any atom is -0.394 e. The van der Waals surface area contributed by atoms with Crippen LogP contribution in [0.4, 0.5) is 0 Å². The van der Waals surface area contributed by atoms with E-state index in [1.54, 1.807) is 6.92 Å². The lowest BCUT2D eigenvalue weighted by Crippen LogP contribution is -2.68. The van der Waals surface area contributed by atoms with E-state index >= 15 is 0 Å². The number of rotatable bonds is 14. The Balaban J connectivity index is 0.946. The molecule has 0 spiro atoms. The maximum atomic E-state index is 12.9. The van der Waals surface area contributed by atoms with Crippen molar-refractivity contribution < 1.29 is 118 Å². The first-order chi connectivity index (χ1) is 36.3. The zero-order valence-corrected chi connectivity index (χ0v) is 45.2. The van der Waals surface area contributed by atoms with Crippen LogP contribution in [0.15, 0.2) is 11.6 Å². The summed E-state index contributed by atoms with van der Waals surface area (Å²) in [5.74, 6) is 0.785. The third kappa shape index (κ3) is 10.3. The SMILES string of the molecule is CO[C@@H]1[C@@H](O)[C@H](O[C@@H]2[C@@H](O)[C@H](O[C@H]3[C@H](O)[C@@H](O[C@@H]4OC[C@@H](O)[C@H](O)[C@H]4O)[C@H](O[C@H]4[C@H](O[C@H]5CC[C@]6(C)[C@H]7CC[C@]8(C)[C@@H](C(C)=O)CC[C@@]8(C)C7=CC[C@H]6C5(C)C)OC[C@@H](O)[C@@H]4O)O[C@@H]3C)O[C@H](CO)[C@H]2O)O[C@H](CO)[C@H]1O. The lowest BCUT2D eigenvalue weighted by molar-refractivity contribution is -0.403. The molecule has 4 aliphatic carbocycles. The molecule has 24 heteroatoms. The summed E-state index contributed by atoms with van der Waals surface area (Å²) in [6.07, 6.45) is -29.5. The van der Waals surface area contributed by atoms with Crippen LogP contribution < -0.4 is 0 Å². The highest BCUT2D eigenvalue weighted by Crippen LogP contribution is 2.72. The maximum Gasteiger partial charge on any atom is 0.187 e. The molecule has 0 aromatic rings. The molecule has 0 aromatic heterocycles. The molecule has 30 atom stereocenters. The number of Topliss-reactive ketones (excluding diaryl/α,β-unsaturated/α-hetero) is 1. The number of carbonyl (C=O) groups is 1. The predicted molar refractivity (Wildman–Crippen MR) is 260 cm³/mol. The number of ketones is 1. The zero-order valence-electron chi connectivity index (χ0n) is 45.2. The Hall–Kier alpha value is -1.51. The average molecular weight is 1110 g/mol. The number of hydrogen-bond acceptors (Lipinski definition) is 24. The monoisotopic (exact) mass is 1110 g/mol. The molecule has 442 valence electrons. The van der Waals surface area contributed by atoms with Gasteiger partial charge < -0.3 is 113 Å². The summed E-state index contributed by atoms with van der Waals surface area (Å²) in [6.45, 7) is 12.2. The predicted octanol–water partition coefficient (Wildman–Crippen LogP) is -2.38. The summed E-state index contributed by atoms with van der Waals surface area (Å²) < 4.78 is 66.2. The smallest absolute Gasteiger partial charge is 0.187 e. The summed E-state index contributed by atoms with van der Waals surface area (Å²) in [7, 11) is 1.19. The Morgan fingerprint density at radius 3 is 1.77 bits per heavy atom. The van der Waals surface area contributed by atoms with Crippen LogP contribution in [0.25, 0.3) is 0 Å². The number of aliphatic hydroxyl groups is 12. The topological polar surface area (TPSA) is 361 Å². The van der Waals surface area contributed by atoms with Gasteiger partial charge in [0.25, 0.3) is 0 Å². The molecule has 8 fully saturated rings. The van der Waals surface area contributed by atoms with E-state index < -0.39 is 173 Å². The molecule has 77 heavy (non-hydrogen) atoms. The summed E-state index contributed by atoms with van der Waals surface area (Å²) in [6, 6.07) is 0. The standard InChI is InChI=1S/C53H86O24/c1-21(56)23-11-15-53(7)25-9-10-30-50(3,4)31(13-14-51(30,5)24(25)12-16-52(23,53)6)73-48-43(33(60)27(58)20-69-48)77-49-44(76-45-36(63)32(59)26(57)19-68-45)37(64)40(22(2)70-49)74-47-39(66)42(35(62)29(18-55)72-47)75-46-38(65)41(67-8)34(61)28(17-54)71-46/h9,22-24,26-49,54-55,57-66H,10-20H2,1-8H3/t22-,23-,24+,26-,27-,28-,29-,30+,31+,32+,33+,34-,35-,36-,37+,38-,39-,40-,41+,42+,43-,44-,45+,46+,47+,48+,49+,51-,52-,53+/m1/s1. The number of ether oxygens (including phenoxy) is 11. The van der Waals surface area contributed by atoms with Gasteiger partial charge in [-0.3, -0.25) is 4.79 Å². The normalized spacial score (nSPS) is 53.9. The Morgan fingerprint density at radius 1 is 0.584 bits per heavy atom. The highest BCUT2D eigenvalue weighted by atomic mass is 16.8. The van der Waals surface area contributed by atoms with Crippen LogP contribution in [-0.2, 0) is 56.9 Å². The van der Waals surface area contributed by atoms with Gasteiger partial charge in [-0.15, -0.1) is 0 Å². The second-order valence-corrected chi connectivity index (χ2v) is 24.7. The van der Waals surface area contributed by atoms with Crippen LogP contribution in [0, 0.1) is 39.4 Å². The van der Waals surface area contributed by atoms with E-state index in [1.807, 2.05) is 0 Å². The van der Waals surface area contributed by atoms with Crippen molar-refractivity contribution >= 4 is 5.78 Å². The number of aliphatic hydroxyl groups excluding tert-OH is 12. The maximum absolute atomic E-state index is 12.9. The Labute approximate surface area is 448 Å². The highest BCUT2D eigenvalue weighted by molar-refractivity contribution is 5.80. The fourth-order valence-corrected chi connectivity index (χ4v) is 15.5. The first-order valence-electron chi connectivity index (χ1n) is 27.5. The van der Waals surface area contributed by atoms with E-state index in [1.165, 1.54) is 19.6 Å². The van der Waals surface area contributed by atoms with Crippen molar-refractivity contribution in [1.29, 1.82) is 0 Å². The van der Waals surface area contributed by atoms with E-state index in [-0.39, 0.29) is 40.5 Å². The number of carbonyl (C=O) groups excluding carboxylic acids is 1. The first-order valence-corrected chi connectivity index (χ1v) is 27.5. The molecule has 0 unspecified atom stereocenters. The molecule has 24 nitrogen and oxygen atoms in total. The molecule has 12 N–H and O–H groups in total. The lowest BCUT2D eigenvalue weighted by Gasteiger charge is -2.64. The van der Waals surface area contributed by atoms with E-state index in [0.717, 1.165) is 38.5 Å². The van der Waals surface area contributed by atoms with Crippen LogP contribution in [0.3, 0.4) is 0 Å². The van der Waals surface area contributed by atoms with E-state index in [4.69, 9.17) is 52.1 Å². The van der Waals surface area contributed by atoms with Crippen LogP contribution in [0.5, 0.6) is 0 Å². The Bertz CT molecular complexity index is 2070. The summed E-state index contributed by atoms with van der Waals surface area (Å²) in [5.41, 5.74) is 0.731. The number of fused-ring (bicyclic) bond motifs is 5. The van der Waals surface area contributed by atoms with Gasteiger partial charge in [0, 0.05) is 13.0 Å². The first kappa shape index (κ1) is 60.1. The number of allylic oxidation sites excluding steroid dienone is 2. The van der Waals surface area contributed by atoms with Gasteiger partial charge >= 0.3 is 0 Å². The molecule has 9 aliphatic rings. The molecule has 5 saturated heterocycles. The third-order valence-corrected chi connectivity index (χ3v) is 20.3. The molecule has 0 amide bonds. The molecule has 5 heterocycles. The van der Waals surface area contributed by atoms with Gasteiger partial charge in [-0.2, -0.15) is 0 Å². The zero-order chi connectivity index (χ0) is 56.0. The molecular formula is C53H86O24. The minimum absolute atomic E-state index is 0.0395. The van der Waals surface area contributed by atoms with Gasteiger partial charge in [0.15, 0.2) is 31.5 Å². The van der Waals surface area contributed by atoms with E-state index in [9.17, 15) is 66.1 Å². The average Bonchev–Trinajstić information content (AvgIpc) is 3.98. The second kappa shape index (κ2) is 22.9. The van der Waals surface area contributed by atoms with Crippen molar-refractivity contribution in [3.05, 3.63) is 11.6 Å². The number of methoxy groups -OCH3 is 1. The van der Waals surface area contributed by atoms with Crippen LogP contribution >= 0.6 is 0 Å². The van der Waals surface area contributed by atoms with Gasteiger partial charge in [0.1, 0.15) is 110 Å². The summed E-state index contributed by atoms with van der Waals surface area (Å²) >= 11 is 0. The molecular weight excluding hydrogens is 1020 g/mol. The highest BCUT2D eigenvalue weighted by Gasteiger charge is 2.66.